The van der Waals surface area contributed by atoms with E-state index in [-0.39, 0.29) is 5.91 Å². The van der Waals surface area contributed by atoms with Crippen molar-refractivity contribution in [3.63, 3.8) is 0 Å². The Morgan fingerprint density at radius 1 is 1.47 bits per heavy atom. The van der Waals surface area contributed by atoms with Gasteiger partial charge in [0.25, 0.3) is 5.91 Å². The number of rotatable bonds is 1. The standard InChI is InChI=1S/C13H15BrClNO/c1-9-5-2-3-8-16(9)13(17)10-6-4-7-11(14)12(10)15/h4,6-7,9H,2-3,5,8H2,1H3. The molecule has 1 aliphatic rings. The molecule has 2 nitrogen and oxygen atoms in total. The van der Waals surface area contributed by atoms with Gasteiger partial charge in [-0.25, -0.2) is 0 Å². The van der Waals surface area contributed by atoms with Gasteiger partial charge in [-0.2, -0.15) is 0 Å². The minimum absolute atomic E-state index is 0.0449. The topological polar surface area (TPSA) is 20.3 Å². The van der Waals surface area contributed by atoms with Crippen LogP contribution in [0.1, 0.15) is 36.5 Å². The van der Waals surface area contributed by atoms with E-state index in [9.17, 15) is 4.79 Å². The SMILES string of the molecule is CC1CCCCN1C(=O)c1cccc(Br)c1Cl. The van der Waals surface area contributed by atoms with E-state index in [1.165, 1.54) is 6.42 Å². The molecule has 17 heavy (non-hydrogen) atoms. The number of benzene rings is 1. The van der Waals surface area contributed by atoms with Crippen LogP contribution in [0.25, 0.3) is 0 Å². The van der Waals surface area contributed by atoms with E-state index < -0.39 is 0 Å². The summed E-state index contributed by atoms with van der Waals surface area (Å²) in [6, 6.07) is 5.79. The number of amides is 1. The van der Waals surface area contributed by atoms with E-state index in [1.54, 1.807) is 6.07 Å². The van der Waals surface area contributed by atoms with Gasteiger partial charge in [0.05, 0.1) is 10.6 Å². The lowest BCUT2D eigenvalue weighted by Crippen LogP contribution is -2.42. The molecule has 1 unspecified atom stereocenters. The molecule has 1 amide bonds. The zero-order valence-electron chi connectivity index (χ0n) is 9.75. The van der Waals surface area contributed by atoms with E-state index in [2.05, 4.69) is 22.9 Å². The summed E-state index contributed by atoms with van der Waals surface area (Å²) >= 11 is 9.51. The molecule has 1 aromatic rings. The van der Waals surface area contributed by atoms with Gasteiger partial charge in [-0.05, 0) is 54.2 Å². The molecule has 1 atom stereocenters. The molecule has 1 aromatic carbocycles. The van der Waals surface area contributed by atoms with Crippen molar-refractivity contribution in [1.29, 1.82) is 0 Å². The third kappa shape index (κ3) is 2.66. The molecule has 92 valence electrons. The van der Waals surface area contributed by atoms with Gasteiger partial charge in [0.15, 0.2) is 0 Å². The Balaban J connectivity index is 2.27. The zero-order valence-corrected chi connectivity index (χ0v) is 12.1. The first-order chi connectivity index (χ1) is 8.11. The highest BCUT2D eigenvalue weighted by Gasteiger charge is 2.25. The predicted octanol–water partition coefficient (Wildman–Crippen LogP) is 4.12. The van der Waals surface area contributed by atoms with Gasteiger partial charge < -0.3 is 4.90 Å². The maximum Gasteiger partial charge on any atom is 0.255 e. The molecule has 1 saturated heterocycles. The maximum atomic E-state index is 12.4. The van der Waals surface area contributed by atoms with Gasteiger partial charge in [0.1, 0.15) is 0 Å². The van der Waals surface area contributed by atoms with Gasteiger partial charge in [-0.1, -0.05) is 17.7 Å². The number of likely N-dealkylation sites (tertiary alicyclic amines) is 1. The van der Waals surface area contributed by atoms with Crippen molar-refractivity contribution in [2.75, 3.05) is 6.54 Å². The van der Waals surface area contributed by atoms with E-state index in [1.807, 2.05) is 17.0 Å². The van der Waals surface area contributed by atoms with Crippen LogP contribution >= 0.6 is 27.5 Å². The summed E-state index contributed by atoms with van der Waals surface area (Å²) in [6.45, 7) is 2.94. The largest absolute Gasteiger partial charge is 0.336 e. The summed E-state index contributed by atoms with van der Waals surface area (Å²) in [4.78, 5) is 14.3. The Labute approximate surface area is 115 Å². The Morgan fingerprint density at radius 2 is 2.24 bits per heavy atom. The summed E-state index contributed by atoms with van der Waals surface area (Å²) < 4.78 is 0.773. The van der Waals surface area contributed by atoms with Crippen molar-refractivity contribution >= 4 is 33.4 Å². The number of carbonyl (C=O) groups is 1. The second-order valence-electron chi connectivity index (χ2n) is 4.44. The first-order valence-corrected chi connectivity index (χ1v) is 7.03. The van der Waals surface area contributed by atoms with Gasteiger partial charge in [-0.15, -0.1) is 0 Å². The van der Waals surface area contributed by atoms with Crippen molar-refractivity contribution in [3.05, 3.63) is 33.3 Å². The summed E-state index contributed by atoms with van der Waals surface area (Å²) in [7, 11) is 0. The number of nitrogens with zero attached hydrogens (tertiary/aromatic N) is 1. The molecule has 2 rings (SSSR count). The third-order valence-electron chi connectivity index (χ3n) is 3.25. The molecule has 0 aliphatic carbocycles. The monoisotopic (exact) mass is 315 g/mol. The number of hydrogen-bond donors (Lipinski definition) is 0. The molecule has 0 saturated carbocycles. The Kier molecular flexibility index (Phi) is 4.10. The minimum Gasteiger partial charge on any atom is -0.336 e. The fraction of sp³-hybridized carbons (Fsp3) is 0.462. The molecular formula is C13H15BrClNO. The van der Waals surface area contributed by atoms with Crippen molar-refractivity contribution in [1.82, 2.24) is 4.90 Å². The van der Waals surface area contributed by atoms with Crippen LogP contribution in [0, 0.1) is 0 Å². The van der Waals surface area contributed by atoms with Crippen LogP contribution in [-0.2, 0) is 0 Å². The highest BCUT2D eigenvalue weighted by atomic mass is 79.9. The summed E-state index contributed by atoms with van der Waals surface area (Å²) in [6.07, 6.45) is 3.37. The van der Waals surface area contributed by atoms with Gasteiger partial charge in [-0.3, -0.25) is 4.79 Å². The van der Waals surface area contributed by atoms with E-state index in [4.69, 9.17) is 11.6 Å². The lowest BCUT2D eigenvalue weighted by molar-refractivity contribution is 0.0636. The van der Waals surface area contributed by atoms with Crippen LogP contribution in [0.15, 0.2) is 22.7 Å². The molecular weight excluding hydrogens is 302 g/mol. The second-order valence-corrected chi connectivity index (χ2v) is 5.68. The fourth-order valence-corrected chi connectivity index (χ4v) is 2.80. The normalized spacial score (nSPS) is 20.4. The molecule has 0 spiro atoms. The fourth-order valence-electron chi connectivity index (χ4n) is 2.22. The van der Waals surface area contributed by atoms with Crippen LogP contribution in [0.5, 0.6) is 0 Å². The predicted molar refractivity (Wildman–Crippen MR) is 73.5 cm³/mol. The highest BCUT2D eigenvalue weighted by Crippen LogP contribution is 2.28. The smallest absolute Gasteiger partial charge is 0.255 e. The van der Waals surface area contributed by atoms with Gasteiger partial charge in [0.2, 0.25) is 0 Å². The summed E-state index contributed by atoms with van der Waals surface area (Å²) in [5.74, 6) is 0.0449. The maximum absolute atomic E-state index is 12.4. The molecule has 0 aromatic heterocycles. The van der Waals surface area contributed by atoms with Crippen molar-refractivity contribution in [2.24, 2.45) is 0 Å². The van der Waals surface area contributed by atoms with Crippen molar-refractivity contribution in [3.8, 4) is 0 Å². The molecule has 1 heterocycles. The first kappa shape index (κ1) is 12.9. The van der Waals surface area contributed by atoms with Crippen LogP contribution < -0.4 is 0 Å². The summed E-state index contributed by atoms with van der Waals surface area (Å²) in [5, 5.41) is 0.510. The Hall–Kier alpha value is -0.540. The number of carbonyl (C=O) groups excluding carboxylic acids is 1. The zero-order chi connectivity index (χ0) is 12.4. The lowest BCUT2D eigenvalue weighted by Gasteiger charge is -2.33. The second kappa shape index (κ2) is 5.40. The van der Waals surface area contributed by atoms with E-state index in [0.29, 0.717) is 16.6 Å². The number of halogens is 2. The van der Waals surface area contributed by atoms with E-state index in [0.717, 1.165) is 23.9 Å². The average Bonchev–Trinajstić information content (AvgIpc) is 2.32. The molecule has 4 heteroatoms. The van der Waals surface area contributed by atoms with Crippen LogP contribution in [0.4, 0.5) is 0 Å². The number of piperidine rings is 1. The molecule has 0 N–H and O–H groups in total. The number of hydrogen-bond acceptors (Lipinski definition) is 1. The van der Waals surface area contributed by atoms with E-state index >= 15 is 0 Å². The van der Waals surface area contributed by atoms with Gasteiger partial charge >= 0.3 is 0 Å². The third-order valence-corrected chi connectivity index (χ3v) is 4.54. The van der Waals surface area contributed by atoms with Crippen molar-refractivity contribution in [2.45, 2.75) is 32.2 Å². The molecule has 0 radical (unpaired) electrons. The quantitative estimate of drug-likeness (QED) is 0.763. The summed E-state index contributed by atoms with van der Waals surface area (Å²) in [5.41, 5.74) is 0.592. The van der Waals surface area contributed by atoms with Crippen LogP contribution in [-0.4, -0.2) is 23.4 Å². The lowest BCUT2D eigenvalue weighted by atomic mass is 10.0. The Morgan fingerprint density at radius 3 is 2.94 bits per heavy atom. The van der Waals surface area contributed by atoms with Crippen LogP contribution in [0.3, 0.4) is 0 Å². The van der Waals surface area contributed by atoms with Crippen molar-refractivity contribution < 1.29 is 4.79 Å². The molecule has 1 fully saturated rings. The molecule has 1 aliphatic heterocycles. The highest BCUT2D eigenvalue weighted by molar-refractivity contribution is 9.10. The first-order valence-electron chi connectivity index (χ1n) is 5.86. The average molecular weight is 317 g/mol. The Bertz CT molecular complexity index is 435. The van der Waals surface area contributed by atoms with Gasteiger partial charge in [0, 0.05) is 17.1 Å². The minimum atomic E-state index is 0.0449. The van der Waals surface area contributed by atoms with Crippen LogP contribution in [0.2, 0.25) is 5.02 Å². The molecule has 0 bridgehead atoms.